The first-order valence-electron chi connectivity index (χ1n) is 5.77. The first-order chi connectivity index (χ1) is 8.38. The minimum absolute atomic E-state index is 0.0694. The van der Waals surface area contributed by atoms with Gasteiger partial charge >= 0.3 is 6.18 Å². The maximum Gasteiger partial charge on any atom is 0.389 e. The van der Waals surface area contributed by atoms with Crippen LogP contribution >= 0.6 is 0 Å². The topological polar surface area (TPSA) is 43.1 Å². The van der Waals surface area contributed by atoms with Crippen molar-refractivity contribution in [3.8, 4) is 0 Å². The summed E-state index contributed by atoms with van der Waals surface area (Å²) in [5.41, 5.74) is 6.63. The van der Waals surface area contributed by atoms with Crippen LogP contribution in [0, 0.1) is 0 Å². The molecular weight excluding hydrogens is 243 g/mol. The van der Waals surface area contributed by atoms with E-state index in [0.717, 1.165) is 5.56 Å². The van der Waals surface area contributed by atoms with Gasteiger partial charge in [-0.1, -0.05) is 30.3 Å². The molecule has 5 heteroatoms. The molecule has 0 spiro atoms. The summed E-state index contributed by atoms with van der Waals surface area (Å²) in [7, 11) is 0. The lowest BCUT2D eigenvalue weighted by Crippen LogP contribution is -2.16. The van der Waals surface area contributed by atoms with Crippen LogP contribution in [0.2, 0.25) is 0 Å². The van der Waals surface area contributed by atoms with Gasteiger partial charge in [0.2, 0.25) is 0 Å². The normalized spacial score (nSPS) is 13.3. The zero-order valence-corrected chi connectivity index (χ0v) is 9.91. The summed E-state index contributed by atoms with van der Waals surface area (Å²) in [6.45, 7) is 0. The van der Waals surface area contributed by atoms with Crippen molar-refractivity contribution in [1.82, 2.24) is 0 Å². The van der Waals surface area contributed by atoms with Crippen molar-refractivity contribution in [2.75, 3.05) is 0 Å². The highest BCUT2D eigenvalue weighted by Crippen LogP contribution is 2.23. The maximum atomic E-state index is 11.9. The van der Waals surface area contributed by atoms with Crippen LogP contribution in [0.15, 0.2) is 30.3 Å². The van der Waals surface area contributed by atoms with Gasteiger partial charge < -0.3 is 5.73 Å². The number of benzene rings is 1. The molecule has 1 atom stereocenters. The van der Waals surface area contributed by atoms with Crippen molar-refractivity contribution in [3.63, 3.8) is 0 Å². The van der Waals surface area contributed by atoms with Crippen LogP contribution in [0.1, 0.15) is 37.3 Å². The molecule has 2 N–H and O–H groups in total. The van der Waals surface area contributed by atoms with Gasteiger partial charge in [0, 0.05) is 25.3 Å². The zero-order valence-electron chi connectivity index (χ0n) is 9.91. The van der Waals surface area contributed by atoms with Crippen LogP contribution in [-0.4, -0.2) is 12.0 Å². The molecule has 0 aliphatic heterocycles. The van der Waals surface area contributed by atoms with Crippen LogP contribution in [0.3, 0.4) is 0 Å². The third-order valence-corrected chi connectivity index (χ3v) is 2.59. The lowest BCUT2D eigenvalue weighted by atomic mass is 10.00. The molecule has 0 fully saturated rings. The fourth-order valence-corrected chi connectivity index (χ4v) is 1.65. The average molecular weight is 259 g/mol. The summed E-state index contributed by atoms with van der Waals surface area (Å²) in [6, 6.07) is 8.61. The Morgan fingerprint density at radius 1 is 1.22 bits per heavy atom. The van der Waals surface area contributed by atoms with Crippen LogP contribution in [0.5, 0.6) is 0 Å². The summed E-state index contributed by atoms with van der Waals surface area (Å²) in [4.78, 5) is 11.5. The van der Waals surface area contributed by atoms with E-state index in [1.165, 1.54) is 0 Å². The molecule has 0 saturated heterocycles. The summed E-state index contributed by atoms with van der Waals surface area (Å²) in [6.07, 6.45) is -5.26. The van der Waals surface area contributed by atoms with Gasteiger partial charge in [0.05, 0.1) is 0 Å². The predicted octanol–water partition coefficient (Wildman–Crippen LogP) is 3.38. The van der Waals surface area contributed by atoms with Gasteiger partial charge in [-0.3, -0.25) is 4.79 Å². The fraction of sp³-hybridized carbons (Fsp3) is 0.462. The van der Waals surface area contributed by atoms with Crippen molar-refractivity contribution in [3.05, 3.63) is 35.9 Å². The molecule has 2 nitrogen and oxygen atoms in total. The maximum absolute atomic E-state index is 11.9. The van der Waals surface area contributed by atoms with E-state index in [0.29, 0.717) is 0 Å². The number of alkyl halides is 3. The molecule has 1 unspecified atom stereocenters. The molecule has 0 radical (unpaired) electrons. The van der Waals surface area contributed by atoms with E-state index in [1.807, 2.05) is 18.2 Å². The standard InChI is InChI=1S/C13H16F3NO/c14-13(15,16)8-4-7-11(18)9-12(17)10-5-2-1-3-6-10/h1-3,5-6,12H,4,7-9,17H2. The molecular formula is C13H16F3NO. The van der Waals surface area contributed by atoms with Gasteiger partial charge in [0.1, 0.15) is 5.78 Å². The Bertz CT molecular complexity index is 376. The Balaban J connectivity index is 2.32. The van der Waals surface area contributed by atoms with E-state index < -0.39 is 18.6 Å². The van der Waals surface area contributed by atoms with Crippen molar-refractivity contribution in [1.29, 1.82) is 0 Å². The molecule has 0 aliphatic carbocycles. The first-order valence-corrected chi connectivity index (χ1v) is 5.77. The van der Waals surface area contributed by atoms with Crippen LogP contribution in [-0.2, 0) is 4.79 Å². The first kappa shape index (κ1) is 14.7. The van der Waals surface area contributed by atoms with Gasteiger partial charge in [-0.2, -0.15) is 13.2 Å². The quantitative estimate of drug-likeness (QED) is 0.851. The number of hydrogen-bond donors (Lipinski definition) is 1. The molecule has 100 valence electrons. The molecule has 1 aromatic carbocycles. The molecule has 18 heavy (non-hydrogen) atoms. The lowest BCUT2D eigenvalue weighted by Gasteiger charge is -2.11. The number of carbonyl (C=O) groups excluding carboxylic acids is 1. The largest absolute Gasteiger partial charge is 0.389 e. The monoisotopic (exact) mass is 259 g/mol. The van der Waals surface area contributed by atoms with E-state index in [-0.39, 0.29) is 25.0 Å². The number of nitrogens with two attached hydrogens (primary N) is 1. The molecule has 1 rings (SSSR count). The van der Waals surface area contributed by atoms with E-state index >= 15 is 0 Å². The number of hydrogen-bond acceptors (Lipinski definition) is 2. The number of halogens is 3. The van der Waals surface area contributed by atoms with Crippen LogP contribution < -0.4 is 5.73 Å². The summed E-state index contributed by atoms with van der Waals surface area (Å²) < 4.78 is 35.7. The highest BCUT2D eigenvalue weighted by Gasteiger charge is 2.26. The second-order valence-electron chi connectivity index (χ2n) is 4.23. The zero-order chi connectivity index (χ0) is 13.6. The Kier molecular flexibility index (Phi) is 5.34. The van der Waals surface area contributed by atoms with Gasteiger partial charge in [-0.15, -0.1) is 0 Å². The van der Waals surface area contributed by atoms with Crippen molar-refractivity contribution in [2.45, 2.75) is 37.9 Å². The lowest BCUT2D eigenvalue weighted by molar-refractivity contribution is -0.137. The molecule has 0 heterocycles. The fourth-order valence-electron chi connectivity index (χ4n) is 1.65. The number of ketones is 1. The van der Waals surface area contributed by atoms with Crippen molar-refractivity contribution < 1.29 is 18.0 Å². The molecule has 1 aromatic rings. The molecule has 0 aromatic heterocycles. The van der Waals surface area contributed by atoms with Gasteiger partial charge in [-0.25, -0.2) is 0 Å². The van der Waals surface area contributed by atoms with E-state index in [1.54, 1.807) is 12.1 Å². The Labute approximate surface area is 104 Å². The van der Waals surface area contributed by atoms with Gasteiger partial charge in [-0.05, 0) is 12.0 Å². The SMILES string of the molecule is NC(CC(=O)CCCC(F)(F)F)c1ccccc1. The minimum atomic E-state index is -4.19. The number of carbonyl (C=O) groups is 1. The summed E-state index contributed by atoms with van der Waals surface area (Å²) >= 11 is 0. The highest BCUT2D eigenvalue weighted by molar-refractivity contribution is 5.79. The summed E-state index contributed by atoms with van der Waals surface area (Å²) in [5.74, 6) is -0.226. The summed E-state index contributed by atoms with van der Waals surface area (Å²) in [5, 5.41) is 0. The third-order valence-electron chi connectivity index (χ3n) is 2.59. The smallest absolute Gasteiger partial charge is 0.324 e. The van der Waals surface area contributed by atoms with Gasteiger partial charge in [0.15, 0.2) is 0 Å². The Morgan fingerprint density at radius 2 is 1.83 bits per heavy atom. The Morgan fingerprint density at radius 3 is 2.39 bits per heavy atom. The highest BCUT2D eigenvalue weighted by atomic mass is 19.4. The Hall–Kier alpha value is -1.36. The van der Waals surface area contributed by atoms with Crippen molar-refractivity contribution >= 4 is 5.78 Å². The van der Waals surface area contributed by atoms with Crippen molar-refractivity contribution in [2.24, 2.45) is 5.73 Å². The molecule has 0 aliphatic rings. The minimum Gasteiger partial charge on any atom is -0.324 e. The predicted molar refractivity (Wildman–Crippen MR) is 62.9 cm³/mol. The third kappa shape index (κ3) is 5.82. The van der Waals surface area contributed by atoms with Crippen LogP contribution in [0.25, 0.3) is 0 Å². The van der Waals surface area contributed by atoms with Gasteiger partial charge in [0.25, 0.3) is 0 Å². The van der Waals surface area contributed by atoms with E-state index in [4.69, 9.17) is 5.73 Å². The second kappa shape index (κ2) is 6.54. The molecule has 0 amide bonds. The van der Waals surface area contributed by atoms with Crippen LogP contribution in [0.4, 0.5) is 13.2 Å². The molecule has 0 saturated carbocycles. The number of Topliss-reactive ketones (excluding diaryl/α,β-unsaturated/α-hetero) is 1. The number of rotatable bonds is 6. The average Bonchev–Trinajstić information content (AvgIpc) is 2.28. The second-order valence-corrected chi connectivity index (χ2v) is 4.23. The van der Waals surface area contributed by atoms with E-state index in [9.17, 15) is 18.0 Å². The molecule has 0 bridgehead atoms. The van der Waals surface area contributed by atoms with E-state index in [2.05, 4.69) is 0 Å².